The molecule has 0 aliphatic carbocycles. The second-order valence-corrected chi connectivity index (χ2v) is 3.95. The SMILES string of the molecule is CCc1c(C)nn(Cc2ccccc2)c1N. The highest BCUT2D eigenvalue weighted by atomic mass is 15.3. The van der Waals surface area contributed by atoms with Crippen LogP contribution in [0.1, 0.15) is 23.7 Å². The summed E-state index contributed by atoms with van der Waals surface area (Å²) < 4.78 is 1.88. The first-order valence-electron chi connectivity index (χ1n) is 5.58. The zero-order chi connectivity index (χ0) is 11.5. The number of hydrogen-bond donors (Lipinski definition) is 1. The summed E-state index contributed by atoms with van der Waals surface area (Å²) in [6.07, 6.45) is 0.937. The fourth-order valence-electron chi connectivity index (χ4n) is 1.95. The lowest BCUT2D eigenvalue weighted by Crippen LogP contribution is -2.06. The van der Waals surface area contributed by atoms with E-state index in [9.17, 15) is 0 Å². The summed E-state index contributed by atoms with van der Waals surface area (Å²) in [5.41, 5.74) is 9.49. The van der Waals surface area contributed by atoms with Gasteiger partial charge >= 0.3 is 0 Å². The van der Waals surface area contributed by atoms with Gasteiger partial charge in [-0.1, -0.05) is 37.3 Å². The van der Waals surface area contributed by atoms with Crippen molar-refractivity contribution in [3.63, 3.8) is 0 Å². The molecule has 2 aromatic rings. The van der Waals surface area contributed by atoms with E-state index in [-0.39, 0.29) is 0 Å². The van der Waals surface area contributed by atoms with Gasteiger partial charge in [-0.2, -0.15) is 5.10 Å². The van der Waals surface area contributed by atoms with Gasteiger partial charge in [-0.05, 0) is 18.9 Å². The fraction of sp³-hybridized carbons (Fsp3) is 0.308. The maximum atomic E-state index is 6.06. The van der Waals surface area contributed by atoms with E-state index >= 15 is 0 Å². The van der Waals surface area contributed by atoms with Crippen molar-refractivity contribution in [3.8, 4) is 0 Å². The predicted molar refractivity (Wildman–Crippen MR) is 66.3 cm³/mol. The monoisotopic (exact) mass is 215 g/mol. The van der Waals surface area contributed by atoms with Crippen LogP contribution in [0.3, 0.4) is 0 Å². The summed E-state index contributed by atoms with van der Waals surface area (Å²) in [5, 5.41) is 4.47. The number of hydrogen-bond acceptors (Lipinski definition) is 2. The molecule has 0 bridgehead atoms. The van der Waals surface area contributed by atoms with Crippen molar-refractivity contribution < 1.29 is 0 Å². The van der Waals surface area contributed by atoms with E-state index in [0.29, 0.717) is 0 Å². The Kier molecular flexibility index (Phi) is 2.95. The van der Waals surface area contributed by atoms with Crippen molar-refractivity contribution >= 4 is 5.82 Å². The van der Waals surface area contributed by atoms with Gasteiger partial charge < -0.3 is 5.73 Å². The highest BCUT2D eigenvalue weighted by Gasteiger charge is 2.10. The Morgan fingerprint density at radius 3 is 2.50 bits per heavy atom. The second-order valence-electron chi connectivity index (χ2n) is 3.95. The number of aromatic nitrogens is 2. The Labute approximate surface area is 95.9 Å². The first-order chi connectivity index (χ1) is 7.72. The third-order valence-corrected chi connectivity index (χ3v) is 2.82. The third kappa shape index (κ3) is 1.94. The molecule has 84 valence electrons. The van der Waals surface area contributed by atoms with Gasteiger partial charge in [-0.25, -0.2) is 4.68 Å². The van der Waals surface area contributed by atoms with E-state index in [2.05, 4.69) is 24.2 Å². The molecule has 1 aromatic carbocycles. The zero-order valence-corrected chi connectivity index (χ0v) is 9.77. The quantitative estimate of drug-likeness (QED) is 0.854. The molecule has 0 spiro atoms. The maximum Gasteiger partial charge on any atom is 0.125 e. The predicted octanol–water partition coefficient (Wildman–Crippen LogP) is 2.38. The number of aryl methyl sites for hydroxylation is 1. The highest BCUT2D eigenvalue weighted by Crippen LogP contribution is 2.17. The first-order valence-corrected chi connectivity index (χ1v) is 5.58. The molecule has 3 nitrogen and oxygen atoms in total. The zero-order valence-electron chi connectivity index (χ0n) is 9.77. The molecular weight excluding hydrogens is 198 g/mol. The van der Waals surface area contributed by atoms with Crippen LogP contribution in [-0.4, -0.2) is 9.78 Å². The van der Waals surface area contributed by atoms with E-state index in [0.717, 1.165) is 30.0 Å². The van der Waals surface area contributed by atoms with Gasteiger partial charge in [0, 0.05) is 5.56 Å². The maximum absolute atomic E-state index is 6.06. The smallest absolute Gasteiger partial charge is 0.125 e. The molecule has 1 aromatic heterocycles. The van der Waals surface area contributed by atoms with Crippen molar-refractivity contribution in [1.29, 1.82) is 0 Å². The molecular formula is C13H17N3. The van der Waals surface area contributed by atoms with Crippen molar-refractivity contribution in [1.82, 2.24) is 9.78 Å². The first kappa shape index (κ1) is 10.7. The van der Waals surface area contributed by atoms with Gasteiger partial charge in [0.1, 0.15) is 5.82 Å². The average molecular weight is 215 g/mol. The van der Waals surface area contributed by atoms with Gasteiger partial charge in [0.05, 0.1) is 12.2 Å². The molecule has 0 aliphatic heterocycles. The van der Waals surface area contributed by atoms with Crippen molar-refractivity contribution in [2.45, 2.75) is 26.8 Å². The van der Waals surface area contributed by atoms with Crippen LogP contribution in [0.15, 0.2) is 30.3 Å². The van der Waals surface area contributed by atoms with Crippen LogP contribution >= 0.6 is 0 Å². The van der Waals surface area contributed by atoms with E-state index in [1.807, 2.05) is 29.8 Å². The van der Waals surface area contributed by atoms with Crippen LogP contribution in [0.5, 0.6) is 0 Å². The Hall–Kier alpha value is -1.77. The van der Waals surface area contributed by atoms with Crippen LogP contribution in [-0.2, 0) is 13.0 Å². The van der Waals surface area contributed by atoms with Crippen LogP contribution in [0, 0.1) is 6.92 Å². The molecule has 0 amide bonds. The molecule has 2 rings (SSSR count). The van der Waals surface area contributed by atoms with Gasteiger partial charge in [0.25, 0.3) is 0 Å². The molecule has 0 fully saturated rings. The van der Waals surface area contributed by atoms with Crippen LogP contribution < -0.4 is 5.73 Å². The van der Waals surface area contributed by atoms with E-state index in [4.69, 9.17) is 5.73 Å². The number of nitrogens with zero attached hydrogens (tertiary/aromatic N) is 2. The fourth-order valence-corrected chi connectivity index (χ4v) is 1.95. The van der Waals surface area contributed by atoms with Gasteiger partial charge in [-0.3, -0.25) is 0 Å². The molecule has 0 atom stereocenters. The van der Waals surface area contributed by atoms with Crippen LogP contribution in [0.25, 0.3) is 0 Å². The topological polar surface area (TPSA) is 43.8 Å². The summed E-state index contributed by atoms with van der Waals surface area (Å²) in [7, 11) is 0. The second kappa shape index (κ2) is 4.39. The van der Waals surface area contributed by atoms with Crippen molar-refractivity contribution in [2.24, 2.45) is 0 Å². The summed E-state index contributed by atoms with van der Waals surface area (Å²) in [6, 6.07) is 10.2. The molecule has 0 saturated heterocycles. The minimum absolute atomic E-state index is 0.744. The van der Waals surface area contributed by atoms with Crippen LogP contribution in [0.4, 0.5) is 5.82 Å². The van der Waals surface area contributed by atoms with Crippen molar-refractivity contribution in [2.75, 3.05) is 5.73 Å². The Morgan fingerprint density at radius 2 is 1.94 bits per heavy atom. The molecule has 16 heavy (non-hydrogen) atoms. The number of rotatable bonds is 3. The molecule has 1 heterocycles. The number of nitrogen functional groups attached to an aromatic ring is 1. The highest BCUT2D eigenvalue weighted by molar-refractivity contribution is 5.43. The molecule has 3 heteroatoms. The average Bonchev–Trinajstić information content (AvgIpc) is 2.55. The molecule has 0 saturated carbocycles. The lowest BCUT2D eigenvalue weighted by Gasteiger charge is -2.04. The Morgan fingerprint density at radius 1 is 1.25 bits per heavy atom. The van der Waals surface area contributed by atoms with E-state index in [1.165, 1.54) is 5.56 Å². The standard InChI is InChI=1S/C13H17N3/c1-3-12-10(2)15-16(13(12)14)9-11-7-5-4-6-8-11/h4-8H,3,9,14H2,1-2H3. The number of anilines is 1. The summed E-state index contributed by atoms with van der Waals surface area (Å²) >= 11 is 0. The van der Waals surface area contributed by atoms with Gasteiger partial charge in [0.2, 0.25) is 0 Å². The largest absolute Gasteiger partial charge is 0.384 e. The lowest BCUT2D eigenvalue weighted by molar-refractivity contribution is 0.689. The van der Waals surface area contributed by atoms with E-state index in [1.54, 1.807) is 0 Å². The minimum Gasteiger partial charge on any atom is -0.384 e. The lowest BCUT2D eigenvalue weighted by atomic mass is 10.2. The summed E-state index contributed by atoms with van der Waals surface area (Å²) in [5.74, 6) is 0.795. The summed E-state index contributed by atoms with van der Waals surface area (Å²) in [6.45, 7) is 4.86. The molecule has 0 aliphatic rings. The van der Waals surface area contributed by atoms with Gasteiger partial charge in [-0.15, -0.1) is 0 Å². The minimum atomic E-state index is 0.744. The number of nitrogens with two attached hydrogens (primary N) is 1. The Bertz CT molecular complexity index is 471. The number of benzene rings is 1. The normalized spacial score (nSPS) is 10.6. The van der Waals surface area contributed by atoms with E-state index < -0.39 is 0 Å². The molecule has 0 radical (unpaired) electrons. The molecule has 2 N–H and O–H groups in total. The van der Waals surface area contributed by atoms with Gasteiger partial charge in [0.15, 0.2) is 0 Å². The van der Waals surface area contributed by atoms with Crippen molar-refractivity contribution in [3.05, 3.63) is 47.2 Å². The Balaban J connectivity index is 2.29. The summed E-state index contributed by atoms with van der Waals surface area (Å²) in [4.78, 5) is 0. The third-order valence-electron chi connectivity index (χ3n) is 2.82. The molecule has 0 unspecified atom stereocenters. The van der Waals surface area contributed by atoms with Crippen LogP contribution in [0.2, 0.25) is 0 Å².